The maximum Gasteiger partial charge on any atom is 0.237 e. The van der Waals surface area contributed by atoms with Crippen LogP contribution in [0.1, 0.15) is 18.9 Å². The highest BCUT2D eigenvalue weighted by Gasteiger charge is 2.25. The number of amides is 2. The fourth-order valence-corrected chi connectivity index (χ4v) is 5.45. The van der Waals surface area contributed by atoms with E-state index in [0.29, 0.717) is 11.4 Å². The topological polar surface area (TPSA) is 92.3 Å². The molecule has 1 heterocycles. The number of rotatable bonds is 5. The summed E-state index contributed by atoms with van der Waals surface area (Å²) in [6.45, 7) is 3.72. The van der Waals surface area contributed by atoms with E-state index in [2.05, 4.69) is 26.6 Å². The highest BCUT2D eigenvalue weighted by molar-refractivity contribution is 9.10. The van der Waals surface area contributed by atoms with Gasteiger partial charge in [-0.05, 0) is 65.7 Å². The molecule has 0 bridgehead atoms. The largest absolute Gasteiger partial charge is 0.325 e. The number of anilines is 2. The Kier molecular flexibility index (Phi) is 6.16. The van der Waals surface area contributed by atoms with E-state index in [1.54, 1.807) is 19.1 Å². The zero-order valence-electron chi connectivity index (χ0n) is 15.3. The minimum atomic E-state index is -3.66. The summed E-state index contributed by atoms with van der Waals surface area (Å²) in [4.78, 5) is 24.9. The van der Waals surface area contributed by atoms with Gasteiger partial charge in [0.25, 0.3) is 0 Å². The molecular weight excluding hydrogens is 464 g/mol. The molecule has 0 spiro atoms. The second-order valence-corrected chi connectivity index (χ2v) is 10.9. The van der Waals surface area contributed by atoms with Crippen LogP contribution in [0.25, 0.3) is 0 Å². The third-order valence-corrected chi connectivity index (χ3v) is 7.78. The standard InChI is InChI=1S/C19H19BrN2O4S2/c1-11-3-5-15(14(20)9-11)21-18(23)7-8-28(25,26)13-4-6-17-16(10-13)22-19(24)12(2)27-17/h3-6,9-10,12H,7-8H2,1-2H3,(H,21,23)(H,22,24)/t12-/m0/s1. The van der Waals surface area contributed by atoms with Gasteiger partial charge in [-0.3, -0.25) is 9.59 Å². The number of hydrogen-bond donors (Lipinski definition) is 2. The van der Waals surface area contributed by atoms with Gasteiger partial charge in [-0.25, -0.2) is 8.42 Å². The van der Waals surface area contributed by atoms with E-state index >= 15 is 0 Å². The van der Waals surface area contributed by atoms with Gasteiger partial charge in [0.15, 0.2) is 9.84 Å². The summed E-state index contributed by atoms with van der Waals surface area (Å²) in [6, 6.07) is 10.1. The lowest BCUT2D eigenvalue weighted by molar-refractivity contribution is -0.116. The fourth-order valence-electron chi connectivity index (χ4n) is 2.66. The van der Waals surface area contributed by atoms with Gasteiger partial charge in [-0.1, -0.05) is 6.07 Å². The van der Waals surface area contributed by atoms with Gasteiger partial charge in [0.2, 0.25) is 11.8 Å². The zero-order valence-corrected chi connectivity index (χ0v) is 18.5. The highest BCUT2D eigenvalue weighted by atomic mass is 79.9. The van der Waals surface area contributed by atoms with Crippen LogP contribution in [0, 0.1) is 6.92 Å². The number of fused-ring (bicyclic) bond motifs is 1. The predicted octanol–water partition coefficient (Wildman–Crippen LogP) is 3.99. The summed E-state index contributed by atoms with van der Waals surface area (Å²) >= 11 is 4.76. The smallest absolute Gasteiger partial charge is 0.237 e. The van der Waals surface area contributed by atoms with E-state index in [1.807, 2.05) is 19.1 Å². The molecule has 1 atom stereocenters. The van der Waals surface area contributed by atoms with Crippen molar-refractivity contribution in [2.24, 2.45) is 0 Å². The quantitative estimate of drug-likeness (QED) is 0.671. The molecule has 6 nitrogen and oxygen atoms in total. The van der Waals surface area contributed by atoms with Crippen molar-refractivity contribution in [2.45, 2.75) is 35.3 Å². The zero-order chi connectivity index (χ0) is 20.5. The molecule has 2 amide bonds. The number of benzene rings is 2. The monoisotopic (exact) mass is 482 g/mol. The Morgan fingerprint density at radius 2 is 2.00 bits per heavy atom. The summed E-state index contributed by atoms with van der Waals surface area (Å²) in [5.74, 6) is -0.864. The van der Waals surface area contributed by atoms with Crippen LogP contribution in [0.2, 0.25) is 0 Å². The van der Waals surface area contributed by atoms with Crippen LogP contribution in [0.3, 0.4) is 0 Å². The van der Waals surface area contributed by atoms with E-state index in [4.69, 9.17) is 0 Å². The van der Waals surface area contributed by atoms with Crippen LogP contribution in [-0.2, 0) is 19.4 Å². The first-order valence-electron chi connectivity index (χ1n) is 8.56. The number of nitrogens with one attached hydrogen (secondary N) is 2. The molecule has 9 heteroatoms. The van der Waals surface area contributed by atoms with Crippen molar-refractivity contribution in [1.82, 2.24) is 0 Å². The van der Waals surface area contributed by atoms with Crippen LogP contribution >= 0.6 is 27.7 Å². The molecule has 0 radical (unpaired) electrons. The predicted molar refractivity (Wildman–Crippen MR) is 115 cm³/mol. The first kappa shape index (κ1) is 20.9. The van der Waals surface area contributed by atoms with Gasteiger partial charge in [0, 0.05) is 15.8 Å². The van der Waals surface area contributed by atoms with E-state index < -0.39 is 9.84 Å². The van der Waals surface area contributed by atoms with Crippen LogP contribution in [-0.4, -0.2) is 31.2 Å². The SMILES string of the molecule is Cc1ccc(NC(=O)CCS(=O)(=O)c2ccc3c(c2)NC(=O)[C@H](C)S3)c(Br)c1. The molecular formula is C19H19BrN2O4S2. The van der Waals surface area contributed by atoms with Gasteiger partial charge in [-0.2, -0.15) is 0 Å². The molecule has 0 saturated heterocycles. The number of thioether (sulfide) groups is 1. The van der Waals surface area contributed by atoms with Gasteiger partial charge >= 0.3 is 0 Å². The van der Waals surface area contributed by atoms with Crippen molar-refractivity contribution in [3.05, 3.63) is 46.4 Å². The van der Waals surface area contributed by atoms with Gasteiger partial charge < -0.3 is 10.6 Å². The number of sulfone groups is 1. The molecule has 2 aromatic carbocycles. The molecule has 1 aliphatic rings. The van der Waals surface area contributed by atoms with Gasteiger partial charge in [0.1, 0.15) is 0 Å². The molecule has 28 heavy (non-hydrogen) atoms. The van der Waals surface area contributed by atoms with E-state index in [-0.39, 0.29) is 34.1 Å². The number of carbonyl (C=O) groups is 2. The summed E-state index contributed by atoms with van der Waals surface area (Å²) in [6.07, 6.45) is -0.169. The molecule has 1 aliphatic heterocycles. The average Bonchev–Trinajstić information content (AvgIpc) is 2.63. The molecule has 2 aromatic rings. The second-order valence-electron chi connectivity index (χ2n) is 6.51. The van der Waals surface area contributed by atoms with Gasteiger partial charge in [0.05, 0.1) is 27.3 Å². The third kappa shape index (κ3) is 4.76. The summed E-state index contributed by atoms with van der Waals surface area (Å²) in [5.41, 5.74) is 2.12. The number of aryl methyl sites for hydroxylation is 1. The summed E-state index contributed by atoms with van der Waals surface area (Å²) in [5, 5.41) is 5.21. The summed E-state index contributed by atoms with van der Waals surface area (Å²) < 4.78 is 26.0. The van der Waals surface area contributed by atoms with E-state index in [1.165, 1.54) is 23.9 Å². The number of halogens is 1. The lowest BCUT2D eigenvalue weighted by Gasteiger charge is -2.21. The molecule has 0 aliphatic carbocycles. The van der Waals surface area contributed by atoms with E-state index in [0.717, 1.165) is 14.9 Å². The lowest BCUT2D eigenvalue weighted by atomic mass is 10.2. The number of hydrogen-bond acceptors (Lipinski definition) is 5. The Hall–Kier alpha value is -1.84. The van der Waals surface area contributed by atoms with Crippen molar-refractivity contribution in [1.29, 1.82) is 0 Å². The average molecular weight is 483 g/mol. The fraction of sp³-hybridized carbons (Fsp3) is 0.263. The second kappa shape index (κ2) is 8.26. The Labute approximate surface area is 176 Å². The molecule has 148 valence electrons. The van der Waals surface area contributed by atoms with Gasteiger partial charge in [-0.15, -0.1) is 11.8 Å². The van der Waals surface area contributed by atoms with Crippen molar-refractivity contribution < 1.29 is 18.0 Å². The lowest BCUT2D eigenvalue weighted by Crippen LogP contribution is -2.26. The molecule has 2 N–H and O–H groups in total. The Bertz CT molecular complexity index is 1050. The molecule has 0 aromatic heterocycles. The maximum atomic E-state index is 12.6. The van der Waals surface area contributed by atoms with Crippen molar-refractivity contribution in [3.8, 4) is 0 Å². The highest BCUT2D eigenvalue weighted by Crippen LogP contribution is 2.37. The first-order valence-corrected chi connectivity index (χ1v) is 11.9. The third-order valence-electron chi connectivity index (χ3n) is 4.24. The molecule has 0 saturated carbocycles. The minimum Gasteiger partial charge on any atom is -0.325 e. The first-order chi connectivity index (χ1) is 13.2. The minimum absolute atomic E-state index is 0.0889. The summed E-state index contributed by atoms with van der Waals surface area (Å²) in [7, 11) is -3.66. The van der Waals surface area contributed by atoms with Crippen LogP contribution in [0.15, 0.2) is 50.7 Å². The van der Waals surface area contributed by atoms with Crippen molar-refractivity contribution in [2.75, 3.05) is 16.4 Å². The Morgan fingerprint density at radius 1 is 1.25 bits per heavy atom. The maximum absolute atomic E-state index is 12.6. The van der Waals surface area contributed by atoms with Crippen molar-refractivity contribution in [3.63, 3.8) is 0 Å². The van der Waals surface area contributed by atoms with Crippen molar-refractivity contribution >= 4 is 60.7 Å². The Morgan fingerprint density at radius 3 is 2.71 bits per heavy atom. The molecule has 3 rings (SSSR count). The Balaban J connectivity index is 1.68. The van der Waals surface area contributed by atoms with Crippen LogP contribution < -0.4 is 10.6 Å². The number of carbonyl (C=O) groups excluding carboxylic acids is 2. The van der Waals surface area contributed by atoms with Crippen LogP contribution in [0.4, 0.5) is 11.4 Å². The normalized spacial score (nSPS) is 16.2. The van der Waals surface area contributed by atoms with Crippen LogP contribution in [0.5, 0.6) is 0 Å². The molecule has 0 unspecified atom stereocenters. The molecule has 0 fully saturated rings. The van der Waals surface area contributed by atoms with E-state index in [9.17, 15) is 18.0 Å².